The average Bonchev–Trinajstić information content (AvgIpc) is 2.74. The second-order valence-corrected chi connectivity index (χ2v) is 7.30. The van der Waals surface area contributed by atoms with Gasteiger partial charge in [0.15, 0.2) is 0 Å². The summed E-state index contributed by atoms with van der Waals surface area (Å²) in [5, 5.41) is 0. The molecule has 0 aliphatic carbocycles. The quantitative estimate of drug-likeness (QED) is 0.625. The lowest BCUT2D eigenvalue weighted by Gasteiger charge is -2.33. The van der Waals surface area contributed by atoms with E-state index in [2.05, 4.69) is 19.9 Å². The Morgan fingerprint density at radius 3 is 2.59 bits per heavy atom. The maximum Gasteiger partial charge on any atom is 0.416 e. The van der Waals surface area contributed by atoms with Crippen molar-refractivity contribution in [1.82, 2.24) is 19.9 Å². The van der Waals surface area contributed by atoms with Crippen LogP contribution in [0.2, 0.25) is 0 Å². The molecule has 0 bridgehead atoms. The Morgan fingerprint density at radius 1 is 1.00 bits per heavy atom. The molecule has 1 aliphatic heterocycles. The fourth-order valence-electron chi connectivity index (χ4n) is 3.88. The predicted molar refractivity (Wildman–Crippen MR) is 104 cm³/mol. The molecule has 1 fully saturated rings. The molecule has 0 N–H and O–H groups in total. The second-order valence-electron chi connectivity index (χ2n) is 7.30. The molecule has 2 aromatic heterocycles. The molecule has 1 atom stereocenters. The van der Waals surface area contributed by atoms with Crippen LogP contribution in [0.15, 0.2) is 61.2 Å². The van der Waals surface area contributed by atoms with Gasteiger partial charge in [0.25, 0.3) is 0 Å². The number of nitrogens with zero attached hydrogens (tertiary/aromatic N) is 4. The van der Waals surface area contributed by atoms with Crippen molar-refractivity contribution in [1.29, 1.82) is 0 Å². The fraction of sp³-hybridized carbons (Fsp3) is 0.318. The van der Waals surface area contributed by atoms with E-state index in [9.17, 15) is 13.2 Å². The summed E-state index contributed by atoms with van der Waals surface area (Å²) in [6.45, 7) is 2.60. The average molecular weight is 398 g/mol. The number of benzene rings is 1. The van der Waals surface area contributed by atoms with E-state index in [1.54, 1.807) is 24.7 Å². The highest BCUT2D eigenvalue weighted by Crippen LogP contribution is 2.35. The lowest BCUT2D eigenvalue weighted by atomic mass is 9.91. The summed E-state index contributed by atoms with van der Waals surface area (Å²) in [7, 11) is 0. The van der Waals surface area contributed by atoms with Crippen molar-refractivity contribution in [3.63, 3.8) is 0 Å². The van der Waals surface area contributed by atoms with E-state index < -0.39 is 11.7 Å². The second kappa shape index (κ2) is 8.29. The molecule has 3 aromatic rings. The minimum atomic E-state index is -4.38. The number of pyridine rings is 1. The Kier molecular flexibility index (Phi) is 5.58. The predicted octanol–water partition coefficient (Wildman–Crippen LogP) is 4.94. The molecular formula is C22H21F3N4. The zero-order valence-electron chi connectivity index (χ0n) is 15.8. The van der Waals surface area contributed by atoms with Crippen LogP contribution >= 0.6 is 0 Å². The molecule has 7 heteroatoms. The molecule has 0 radical (unpaired) electrons. The van der Waals surface area contributed by atoms with Crippen LogP contribution in [-0.2, 0) is 12.7 Å². The molecule has 3 heterocycles. The summed E-state index contributed by atoms with van der Waals surface area (Å²) in [6.07, 6.45) is 4.29. The van der Waals surface area contributed by atoms with Crippen LogP contribution in [0.25, 0.3) is 11.3 Å². The topological polar surface area (TPSA) is 41.9 Å². The van der Waals surface area contributed by atoms with Crippen LogP contribution in [0.1, 0.15) is 35.6 Å². The lowest BCUT2D eigenvalue weighted by molar-refractivity contribution is -0.137. The molecule has 29 heavy (non-hydrogen) atoms. The maximum absolute atomic E-state index is 13.1. The summed E-state index contributed by atoms with van der Waals surface area (Å²) in [5.41, 5.74) is 2.28. The molecule has 4 nitrogen and oxygen atoms in total. The van der Waals surface area contributed by atoms with Gasteiger partial charge in [-0.15, -0.1) is 0 Å². The van der Waals surface area contributed by atoms with Gasteiger partial charge in [0.2, 0.25) is 0 Å². The number of alkyl halides is 3. The van der Waals surface area contributed by atoms with E-state index in [-0.39, 0.29) is 5.92 Å². The fourth-order valence-corrected chi connectivity index (χ4v) is 3.88. The Hall–Kier alpha value is -2.80. The van der Waals surface area contributed by atoms with Gasteiger partial charge >= 0.3 is 6.18 Å². The molecular weight excluding hydrogens is 377 g/mol. The van der Waals surface area contributed by atoms with Crippen LogP contribution < -0.4 is 0 Å². The molecule has 0 spiro atoms. The van der Waals surface area contributed by atoms with Crippen LogP contribution in [0.5, 0.6) is 0 Å². The summed E-state index contributed by atoms with van der Waals surface area (Å²) in [5.74, 6) is 0.129. The number of piperidine rings is 1. The van der Waals surface area contributed by atoms with Gasteiger partial charge in [-0.05, 0) is 49.2 Å². The zero-order valence-corrected chi connectivity index (χ0v) is 15.8. The first-order valence-corrected chi connectivity index (χ1v) is 9.60. The number of likely N-dealkylation sites (tertiary alicyclic amines) is 1. The Bertz CT molecular complexity index is 960. The summed E-state index contributed by atoms with van der Waals surface area (Å²) in [6, 6.07) is 9.33. The van der Waals surface area contributed by atoms with Crippen molar-refractivity contribution < 1.29 is 13.2 Å². The Balaban J connectivity index is 1.60. The summed E-state index contributed by atoms with van der Waals surface area (Å²) in [4.78, 5) is 15.3. The highest BCUT2D eigenvalue weighted by molar-refractivity contribution is 5.63. The SMILES string of the molecule is FC(F)(F)c1cccc(-c2nccnc2[C@H]2CCCN(Cc3ccncc3)C2)c1. The monoisotopic (exact) mass is 398 g/mol. The van der Waals surface area contributed by atoms with Gasteiger partial charge in [0.05, 0.1) is 17.0 Å². The van der Waals surface area contributed by atoms with Crippen molar-refractivity contribution in [3.05, 3.63) is 78.0 Å². The van der Waals surface area contributed by atoms with Gasteiger partial charge in [-0.25, -0.2) is 0 Å². The first kappa shape index (κ1) is 19.5. The number of halogens is 3. The third-order valence-electron chi connectivity index (χ3n) is 5.24. The van der Waals surface area contributed by atoms with Crippen molar-refractivity contribution in [3.8, 4) is 11.3 Å². The molecule has 150 valence electrons. The zero-order chi connectivity index (χ0) is 20.3. The minimum Gasteiger partial charge on any atom is -0.298 e. The number of hydrogen-bond donors (Lipinski definition) is 0. The third kappa shape index (κ3) is 4.62. The van der Waals surface area contributed by atoms with E-state index in [0.29, 0.717) is 11.3 Å². The van der Waals surface area contributed by atoms with E-state index in [1.807, 2.05) is 12.1 Å². The van der Waals surface area contributed by atoms with Gasteiger partial charge < -0.3 is 0 Å². The Labute approximate surface area is 167 Å². The number of aromatic nitrogens is 3. The third-order valence-corrected chi connectivity index (χ3v) is 5.24. The highest BCUT2D eigenvalue weighted by Gasteiger charge is 2.31. The molecule has 0 unspecified atom stereocenters. The highest BCUT2D eigenvalue weighted by atomic mass is 19.4. The molecule has 0 amide bonds. The van der Waals surface area contributed by atoms with E-state index >= 15 is 0 Å². The van der Waals surface area contributed by atoms with Gasteiger partial charge in [0, 0.05) is 49.4 Å². The van der Waals surface area contributed by atoms with Gasteiger partial charge in [-0.3, -0.25) is 19.9 Å². The van der Waals surface area contributed by atoms with Crippen LogP contribution in [0.4, 0.5) is 13.2 Å². The lowest BCUT2D eigenvalue weighted by Crippen LogP contribution is -2.34. The maximum atomic E-state index is 13.1. The molecule has 1 aliphatic rings. The van der Waals surface area contributed by atoms with Crippen molar-refractivity contribution in [2.45, 2.75) is 31.5 Å². The Morgan fingerprint density at radius 2 is 1.79 bits per heavy atom. The van der Waals surface area contributed by atoms with E-state index in [0.717, 1.165) is 50.3 Å². The van der Waals surface area contributed by atoms with Crippen molar-refractivity contribution >= 4 is 0 Å². The van der Waals surface area contributed by atoms with Crippen LogP contribution in [0, 0.1) is 0 Å². The first-order valence-electron chi connectivity index (χ1n) is 9.60. The minimum absolute atomic E-state index is 0.129. The first-order chi connectivity index (χ1) is 14.0. The van der Waals surface area contributed by atoms with Gasteiger partial charge in [0.1, 0.15) is 0 Å². The van der Waals surface area contributed by atoms with Crippen molar-refractivity contribution in [2.75, 3.05) is 13.1 Å². The van der Waals surface area contributed by atoms with Gasteiger partial charge in [-0.1, -0.05) is 12.1 Å². The molecule has 1 aromatic carbocycles. The van der Waals surface area contributed by atoms with Crippen LogP contribution in [-0.4, -0.2) is 32.9 Å². The van der Waals surface area contributed by atoms with Gasteiger partial charge in [-0.2, -0.15) is 13.2 Å². The summed E-state index contributed by atoms with van der Waals surface area (Å²) < 4.78 is 39.4. The smallest absolute Gasteiger partial charge is 0.298 e. The van der Waals surface area contributed by atoms with E-state index in [4.69, 9.17) is 0 Å². The van der Waals surface area contributed by atoms with E-state index in [1.165, 1.54) is 17.8 Å². The summed E-state index contributed by atoms with van der Waals surface area (Å²) >= 11 is 0. The van der Waals surface area contributed by atoms with Crippen molar-refractivity contribution in [2.24, 2.45) is 0 Å². The largest absolute Gasteiger partial charge is 0.416 e. The number of hydrogen-bond acceptors (Lipinski definition) is 4. The molecule has 4 rings (SSSR count). The standard InChI is InChI=1S/C22H21F3N4/c23-22(24,25)19-5-1-3-17(13-19)20-21(28-11-10-27-20)18-4-2-12-29(15-18)14-16-6-8-26-9-7-16/h1,3,5-11,13,18H,2,4,12,14-15H2/t18-/m0/s1. The number of rotatable bonds is 4. The molecule has 0 saturated carbocycles. The van der Waals surface area contributed by atoms with Crippen LogP contribution in [0.3, 0.4) is 0 Å². The molecule has 1 saturated heterocycles. The normalized spacial score (nSPS) is 18.0.